The zero-order chi connectivity index (χ0) is 18.7. The Balaban J connectivity index is 1.76. The third kappa shape index (κ3) is 2.96. The molecule has 2 nitrogen and oxygen atoms in total. The SMILES string of the molecule is CC(C)(C)[Si](C)(C)Oc1cc(C=O)ccc1C12CC3CC(CC(C3)C1)C2. The second kappa shape index (κ2) is 5.95. The molecular formula is C23H34O2Si. The number of benzene rings is 1. The van der Waals surface area contributed by atoms with Gasteiger partial charge in [0.2, 0.25) is 8.32 Å². The fraction of sp³-hybridized carbons (Fsp3) is 0.696. The largest absolute Gasteiger partial charge is 0.543 e. The fourth-order valence-corrected chi connectivity index (χ4v) is 7.03. The Labute approximate surface area is 159 Å². The van der Waals surface area contributed by atoms with Crippen LogP contribution in [0.25, 0.3) is 0 Å². The van der Waals surface area contributed by atoms with Crippen molar-refractivity contribution in [1.82, 2.24) is 0 Å². The monoisotopic (exact) mass is 370 g/mol. The predicted molar refractivity (Wildman–Crippen MR) is 110 cm³/mol. The molecule has 26 heavy (non-hydrogen) atoms. The lowest BCUT2D eigenvalue weighted by molar-refractivity contribution is -0.00587. The van der Waals surface area contributed by atoms with E-state index in [0.717, 1.165) is 35.4 Å². The summed E-state index contributed by atoms with van der Waals surface area (Å²) in [5.41, 5.74) is 2.45. The maximum Gasteiger partial charge on any atom is 0.250 e. The molecule has 0 saturated heterocycles. The molecule has 4 aliphatic carbocycles. The summed E-state index contributed by atoms with van der Waals surface area (Å²) in [5.74, 6) is 3.75. The normalized spacial score (nSPS) is 33.3. The Morgan fingerprint density at radius 2 is 1.58 bits per heavy atom. The van der Waals surface area contributed by atoms with Crippen molar-refractivity contribution in [3.63, 3.8) is 0 Å². The molecule has 0 amide bonds. The highest BCUT2D eigenvalue weighted by Gasteiger charge is 2.53. The molecule has 0 N–H and O–H groups in total. The predicted octanol–water partition coefficient (Wildman–Crippen LogP) is 6.35. The second-order valence-corrected chi connectivity index (χ2v) is 15.7. The highest BCUT2D eigenvalue weighted by Crippen LogP contribution is 2.62. The van der Waals surface area contributed by atoms with E-state index in [1.807, 2.05) is 12.1 Å². The van der Waals surface area contributed by atoms with Crippen molar-refractivity contribution in [3.05, 3.63) is 29.3 Å². The molecule has 4 saturated carbocycles. The van der Waals surface area contributed by atoms with Crippen LogP contribution in [-0.2, 0) is 5.41 Å². The van der Waals surface area contributed by atoms with Crippen molar-refractivity contribution < 1.29 is 9.22 Å². The van der Waals surface area contributed by atoms with E-state index >= 15 is 0 Å². The van der Waals surface area contributed by atoms with E-state index in [0.29, 0.717) is 5.41 Å². The topological polar surface area (TPSA) is 26.3 Å². The minimum absolute atomic E-state index is 0.156. The summed E-state index contributed by atoms with van der Waals surface area (Å²) in [5, 5.41) is 0.156. The van der Waals surface area contributed by atoms with Crippen molar-refractivity contribution in [2.24, 2.45) is 17.8 Å². The van der Waals surface area contributed by atoms with Gasteiger partial charge in [-0.1, -0.05) is 32.9 Å². The highest BCUT2D eigenvalue weighted by molar-refractivity contribution is 6.74. The minimum Gasteiger partial charge on any atom is -0.543 e. The first-order valence-corrected chi connectivity index (χ1v) is 13.3. The lowest BCUT2D eigenvalue weighted by Crippen LogP contribution is -2.49. The van der Waals surface area contributed by atoms with Gasteiger partial charge in [0.1, 0.15) is 12.0 Å². The molecule has 0 spiro atoms. The number of carbonyl (C=O) groups excluding carboxylic acids is 1. The Kier molecular flexibility index (Phi) is 4.18. The third-order valence-electron chi connectivity index (χ3n) is 7.92. The second-order valence-electron chi connectivity index (χ2n) is 10.9. The van der Waals surface area contributed by atoms with E-state index in [-0.39, 0.29) is 5.04 Å². The number of rotatable bonds is 4. The van der Waals surface area contributed by atoms with Crippen molar-refractivity contribution in [2.75, 3.05) is 0 Å². The van der Waals surface area contributed by atoms with Gasteiger partial charge in [-0.2, -0.15) is 0 Å². The van der Waals surface area contributed by atoms with Gasteiger partial charge >= 0.3 is 0 Å². The number of hydrogen-bond donors (Lipinski definition) is 0. The van der Waals surface area contributed by atoms with Gasteiger partial charge in [-0.15, -0.1) is 0 Å². The molecular weight excluding hydrogens is 336 g/mol. The number of carbonyl (C=O) groups is 1. The van der Waals surface area contributed by atoms with Gasteiger partial charge in [0.05, 0.1) is 0 Å². The lowest BCUT2D eigenvalue weighted by Gasteiger charge is -2.57. The Morgan fingerprint density at radius 3 is 2.04 bits per heavy atom. The van der Waals surface area contributed by atoms with Crippen LogP contribution in [0.15, 0.2) is 18.2 Å². The van der Waals surface area contributed by atoms with E-state index in [2.05, 4.69) is 39.9 Å². The summed E-state index contributed by atoms with van der Waals surface area (Å²) in [4.78, 5) is 11.4. The molecule has 4 fully saturated rings. The molecule has 0 atom stereocenters. The Morgan fingerprint density at radius 1 is 1.04 bits per heavy atom. The van der Waals surface area contributed by atoms with E-state index in [1.54, 1.807) is 0 Å². The lowest BCUT2D eigenvalue weighted by atomic mass is 9.48. The molecule has 1 aromatic rings. The molecule has 0 unspecified atom stereocenters. The van der Waals surface area contributed by atoms with Crippen LogP contribution in [0, 0.1) is 17.8 Å². The first-order valence-electron chi connectivity index (χ1n) is 10.4. The van der Waals surface area contributed by atoms with Crippen LogP contribution in [0.1, 0.15) is 75.2 Å². The number of hydrogen-bond acceptors (Lipinski definition) is 2. The van der Waals surface area contributed by atoms with E-state index < -0.39 is 8.32 Å². The maximum atomic E-state index is 11.4. The average Bonchev–Trinajstić information content (AvgIpc) is 2.51. The summed E-state index contributed by atoms with van der Waals surface area (Å²) in [6.07, 6.45) is 9.29. The van der Waals surface area contributed by atoms with Crippen LogP contribution < -0.4 is 4.43 Å². The molecule has 4 bridgehead atoms. The summed E-state index contributed by atoms with van der Waals surface area (Å²) < 4.78 is 6.81. The van der Waals surface area contributed by atoms with Gasteiger partial charge in [-0.25, -0.2) is 0 Å². The third-order valence-corrected chi connectivity index (χ3v) is 12.3. The molecule has 0 radical (unpaired) electrons. The highest BCUT2D eigenvalue weighted by atomic mass is 28.4. The molecule has 1 aromatic carbocycles. The van der Waals surface area contributed by atoms with Crippen LogP contribution in [0.5, 0.6) is 5.75 Å². The summed E-state index contributed by atoms with van der Waals surface area (Å²) in [6, 6.07) is 6.28. The van der Waals surface area contributed by atoms with Crippen molar-refractivity contribution in [1.29, 1.82) is 0 Å². The summed E-state index contributed by atoms with van der Waals surface area (Å²) >= 11 is 0. The summed E-state index contributed by atoms with van der Waals surface area (Å²) in [6.45, 7) is 11.5. The summed E-state index contributed by atoms with van der Waals surface area (Å²) in [7, 11) is -1.94. The van der Waals surface area contributed by atoms with Crippen molar-refractivity contribution in [3.8, 4) is 5.75 Å². The quantitative estimate of drug-likeness (QED) is 0.456. The molecule has 3 heteroatoms. The Hall–Kier alpha value is -1.09. The van der Waals surface area contributed by atoms with Crippen LogP contribution in [0.3, 0.4) is 0 Å². The zero-order valence-corrected chi connectivity index (χ0v) is 18.1. The van der Waals surface area contributed by atoms with Crippen molar-refractivity contribution >= 4 is 14.6 Å². The molecule has 0 aliphatic heterocycles. The van der Waals surface area contributed by atoms with Crippen molar-refractivity contribution in [2.45, 2.75) is 82.8 Å². The van der Waals surface area contributed by atoms with Gasteiger partial charge < -0.3 is 4.43 Å². The standard InChI is InChI=1S/C23H34O2Si/c1-22(2,3)26(4,5)25-21-11-16(15-24)6-7-20(21)23-12-17-8-18(13-23)10-19(9-17)14-23/h6-7,11,15,17-19H,8-10,12-14H2,1-5H3. The zero-order valence-electron chi connectivity index (χ0n) is 17.1. The van der Waals surface area contributed by atoms with Gasteiger partial charge in [-0.05, 0) is 91.5 Å². The van der Waals surface area contributed by atoms with Crippen LogP contribution in [0.2, 0.25) is 18.1 Å². The van der Waals surface area contributed by atoms with Gasteiger partial charge in [0, 0.05) is 5.56 Å². The first-order chi connectivity index (χ1) is 12.1. The van der Waals surface area contributed by atoms with E-state index in [1.165, 1.54) is 44.1 Å². The molecule has 0 heterocycles. The Bertz CT molecular complexity index is 678. The molecule has 0 aromatic heterocycles. The van der Waals surface area contributed by atoms with Gasteiger partial charge in [-0.3, -0.25) is 4.79 Å². The van der Waals surface area contributed by atoms with Crippen LogP contribution >= 0.6 is 0 Å². The molecule has 4 aliphatic rings. The van der Waals surface area contributed by atoms with Crippen LogP contribution in [-0.4, -0.2) is 14.6 Å². The van der Waals surface area contributed by atoms with Gasteiger partial charge in [0.15, 0.2) is 0 Å². The minimum atomic E-state index is -1.94. The fourth-order valence-electron chi connectivity index (χ4n) is 6.00. The number of aldehydes is 1. The maximum absolute atomic E-state index is 11.4. The van der Waals surface area contributed by atoms with Gasteiger partial charge in [0.25, 0.3) is 0 Å². The van der Waals surface area contributed by atoms with E-state index in [9.17, 15) is 4.79 Å². The molecule has 5 rings (SSSR count). The average molecular weight is 371 g/mol. The molecule has 142 valence electrons. The first kappa shape index (κ1) is 18.3. The smallest absolute Gasteiger partial charge is 0.250 e. The van der Waals surface area contributed by atoms with E-state index in [4.69, 9.17) is 4.43 Å². The van der Waals surface area contributed by atoms with Crippen LogP contribution in [0.4, 0.5) is 0 Å².